The minimum atomic E-state index is -0.604. The average molecular weight is 455 g/mol. The zero-order chi connectivity index (χ0) is 24.6. The fourth-order valence-corrected chi connectivity index (χ4v) is 3.70. The van der Waals surface area contributed by atoms with Crippen LogP contribution in [0.5, 0.6) is 11.5 Å². The van der Waals surface area contributed by atoms with Crippen molar-refractivity contribution < 1.29 is 19.1 Å². The van der Waals surface area contributed by atoms with E-state index in [9.17, 15) is 9.59 Å². The predicted molar refractivity (Wildman–Crippen MR) is 132 cm³/mol. The molecule has 0 saturated heterocycles. The normalized spacial score (nSPS) is 12.2. The number of benzene rings is 2. The third-order valence-corrected chi connectivity index (χ3v) is 5.35. The van der Waals surface area contributed by atoms with Crippen LogP contribution in [0, 0.1) is 0 Å². The Hall–Kier alpha value is -3.02. The molecule has 180 valence electrons. The van der Waals surface area contributed by atoms with Crippen molar-refractivity contribution in [2.24, 2.45) is 0 Å². The van der Waals surface area contributed by atoms with Crippen molar-refractivity contribution >= 4 is 11.8 Å². The first-order chi connectivity index (χ1) is 15.6. The number of amides is 2. The van der Waals surface area contributed by atoms with Crippen LogP contribution in [0.1, 0.15) is 59.1 Å². The predicted octanol–water partition coefficient (Wildman–Crippen LogP) is 4.70. The van der Waals surface area contributed by atoms with Gasteiger partial charge in [0.1, 0.15) is 17.5 Å². The number of hydrogen-bond donors (Lipinski definition) is 1. The molecule has 0 spiro atoms. The standard InChI is InChI=1S/C27H38N2O4/c1-8-23(26(31)28-19(2)3)29(17-20-12-11-13-21(16-20)32-7)25(30)18-33-24-15-10-9-14-22(24)27(4,5)6/h9-16,19,23H,8,17-18H2,1-7H3,(H,28,31). The molecule has 1 unspecified atom stereocenters. The average Bonchev–Trinajstić information content (AvgIpc) is 2.76. The van der Waals surface area contributed by atoms with Crippen molar-refractivity contribution in [2.45, 2.75) is 72.0 Å². The van der Waals surface area contributed by atoms with E-state index in [1.54, 1.807) is 12.0 Å². The maximum absolute atomic E-state index is 13.4. The van der Waals surface area contributed by atoms with Gasteiger partial charge in [-0.1, -0.05) is 58.0 Å². The van der Waals surface area contributed by atoms with Crippen LogP contribution in [0.15, 0.2) is 48.5 Å². The van der Waals surface area contributed by atoms with Crippen molar-refractivity contribution in [2.75, 3.05) is 13.7 Å². The summed E-state index contributed by atoms with van der Waals surface area (Å²) in [7, 11) is 1.60. The molecule has 0 fully saturated rings. The zero-order valence-corrected chi connectivity index (χ0v) is 21.0. The summed E-state index contributed by atoms with van der Waals surface area (Å²) >= 11 is 0. The Morgan fingerprint density at radius 3 is 2.36 bits per heavy atom. The van der Waals surface area contributed by atoms with Crippen LogP contribution in [-0.4, -0.2) is 42.5 Å². The highest BCUT2D eigenvalue weighted by atomic mass is 16.5. The number of carbonyl (C=O) groups excluding carboxylic acids is 2. The van der Waals surface area contributed by atoms with Crippen molar-refractivity contribution in [1.82, 2.24) is 10.2 Å². The van der Waals surface area contributed by atoms with Crippen LogP contribution in [0.2, 0.25) is 0 Å². The van der Waals surface area contributed by atoms with Gasteiger partial charge >= 0.3 is 0 Å². The molecule has 2 amide bonds. The highest BCUT2D eigenvalue weighted by molar-refractivity contribution is 5.88. The van der Waals surface area contributed by atoms with E-state index in [1.165, 1.54) is 0 Å². The summed E-state index contributed by atoms with van der Waals surface area (Å²) in [5.74, 6) is 0.973. The van der Waals surface area contributed by atoms with E-state index in [0.717, 1.165) is 11.1 Å². The highest BCUT2D eigenvalue weighted by Gasteiger charge is 2.30. The molecule has 1 atom stereocenters. The number of para-hydroxylation sites is 1. The van der Waals surface area contributed by atoms with Gasteiger partial charge in [-0.2, -0.15) is 0 Å². The molecule has 33 heavy (non-hydrogen) atoms. The van der Waals surface area contributed by atoms with Gasteiger partial charge in [0.25, 0.3) is 5.91 Å². The molecule has 0 bridgehead atoms. The number of carbonyl (C=O) groups is 2. The minimum absolute atomic E-state index is 0.0183. The number of nitrogens with one attached hydrogen (secondary N) is 1. The van der Waals surface area contributed by atoms with Crippen LogP contribution in [0.3, 0.4) is 0 Å². The number of methoxy groups -OCH3 is 1. The second kappa shape index (κ2) is 11.7. The van der Waals surface area contributed by atoms with E-state index < -0.39 is 6.04 Å². The number of nitrogens with zero attached hydrogens (tertiary/aromatic N) is 1. The van der Waals surface area contributed by atoms with Gasteiger partial charge in [0, 0.05) is 12.6 Å². The van der Waals surface area contributed by atoms with Crippen molar-refractivity contribution in [3.63, 3.8) is 0 Å². The molecule has 0 radical (unpaired) electrons. The Balaban J connectivity index is 2.30. The zero-order valence-electron chi connectivity index (χ0n) is 21.0. The molecular formula is C27H38N2O4. The van der Waals surface area contributed by atoms with Gasteiger partial charge in [-0.3, -0.25) is 9.59 Å². The fourth-order valence-electron chi connectivity index (χ4n) is 3.70. The van der Waals surface area contributed by atoms with Crippen molar-refractivity contribution in [1.29, 1.82) is 0 Å². The first-order valence-corrected chi connectivity index (χ1v) is 11.5. The fraction of sp³-hybridized carbons (Fsp3) is 0.481. The summed E-state index contributed by atoms with van der Waals surface area (Å²) in [4.78, 5) is 28.0. The number of ether oxygens (including phenoxy) is 2. The largest absolute Gasteiger partial charge is 0.497 e. The van der Waals surface area contributed by atoms with E-state index in [-0.39, 0.29) is 36.4 Å². The summed E-state index contributed by atoms with van der Waals surface area (Å²) < 4.78 is 11.3. The lowest BCUT2D eigenvalue weighted by Gasteiger charge is -2.31. The monoisotopic (exact) mass is 454 g/mol. The van der Waals surface area contributed by atoms with Gasteiger partial charge in [0.2, 0.25) is 5.91 Å². The molecule has 0 saturated carbocycles. The smallest absolute Gasteiger partial charge is 0.261 e. The molecule has 0 aliphatic heterocycles. The first kappa shape index (κ1) is 26.2. The van der Waals surface area contributed by atoms with Crippen LogP contribution < -0.4 is 14.8 Å². The maximum Gasteiger partial charge on any atom is 0.261 e. The van der Waals surface area contributed by atoms with E-state index in [1.807, 2.05) is 69.3 Å². The second-order valence-corrected chi connectivity index (χ2v) is 9.50. The van der Waals surface area contributed by atoms with Crippen LogP contribution in [0.4, 0.5) is 0 Å². The Morgan fingerprint density at radius 1 is 1.06 bits per heavy atom. The third-order valence-electron chi connectivity index (χ3n) is 5.35. The van der Waals surface area contributed by atoms with Gasteiger partial charge in [-0.05, 0) is 55.0 Å². The quantitative estimate of drug-likeness (QED) is 0.565. The molecule has 0 aromatic heterocycles. The van der Waals surface area contributed by atoms with Crippen LogP contribution in [0.25, 0.3) is 0 Å². The molecule has 2 aromatic rings. The summed E-state index contributed by atoms with van der Waals surface area (Å²) in [6.45, 7) is 12.2. The maximum atomic E-state index is 13.4. The lowest BCUT2D eigenvalue weighted by atomic mass is 9.86. The topological polar surface area (TPSA) is 67.9 Å². The van der Waals surface area contributed by atoms with Gasteiger partial charge in [0.05, 0.1) is 7.11 Å². The van der Waals surface area contributed by atoms with Crippen molar-refractivity contribution in [3.8, 4) is 11.5 Å². The Labute approximate surface area is 198 Å². The van der Waals surface area contributed by atoms with Crippen LogP contribution in [-0.2, 0) is 21.5 Å². The Morgan fingerprint density at radius 2 is 1.76 bits per heavy atom. The van der Waals surface area contributed by atoms with Crippen LogP contribution >= 0.6 is 0 Å². The van der Waals surface area contributed by atoms with Gasteiger partial charge in [-0.15, -0.1) is 0 Å². The first-order valence-electron chi connectivity index (χ1n) is 11.5. The molecule has 0 heterocycles. The number of rotatable bonds is 10. The highest BCUT2D eigenvalue weighted by Crippen LogP contribution is 2.31. The lowest BCUT2D eigenvalue weighted by molar-refractivity contribution is -0.143. The summed E-state index contributed by atoms with van der Waals surface area (Å²) in [5.41, 5.74) is 1.79. The molecule has 2 aromatic carbocycles. The van der Waals surface area contributed by atoms with Gasteiger partial charge < -0.3 is 19.7 Å². The molecule has 6 nitrogen and oxygen atoms in total. The number of hydrogen-bond acceptors (Lipinski definition) is 4. The summed E-state index contributed by atoms with van der Waals surface area (Å²) in [6, 6.07) is 14.7. The van der Waals surface area contributed by atoms with E-state index in [0.29, 0.717) is 17.9 Å². The van der Waals surface area contributed by atoms with Crippen molar-refractivity contribution in [3.05, 3.63) is 59.7 Å². The Bertz CT molecular complexity index is 934. The second-order valence-electron chi connectivity index (χ2n) is 9.50. The molecule has 0 aliphatic carbocycles. The lowest BCUT2D eigenvalue weighted by Crippen LogP contribution is -2.51. The summed E-state index contributed by atoms with van der Waals surface area (Å²) in [5, 5.41) is 2.94. The van der Waals surface area contributed by atoms with Gasteiger partial charge in [0.15, 0.2) is 6.61 Å². The SMILES string of the molecule is CCC(C(=O)NC(C)C)N(Cc1cccc(OC)c1)C(=O)COc1ccccc1C(C)(C)C. The van der Waals surface area contributed by atoms with E-state index in [2.05, 4.69) is 26.1 Å². The molecule has 6 heteroatoms. The van der Waals surface area contributed by atoms with E-state index in [4.69, 9.17) is 9.47 Å². The van der Waals surface area contributed by atoms with Gasteiger partial charge in [-0.25, -0.2) is 0 Å². The molecule has 1 N–H and O–H groups in total. The van der Waals surface area contributed by atoms with E-state index >= 15 is 0 Å². The minimum Gasteiger partial charge on any atom is -0.497 e. The molecular weight excluding hydrogens is 416 g/mol. The summed E-state index contributed by atoms with van der Waals surface area (Å²) in [6.07, 6.45) is 0.493. The Kier molecular flexibility index (Phi) is 9.32. The molecule has 2 rings (SSSR count). The molecule has 0 aliphatic rings. The third kappa shape index (κ3) is 7.52.